The van der Waals surface area contributed by atoms with Gasteiger partial charge in [-0.2, -0.15) is 39.5 Å². The van der Waals surface area contributed by atoms with E-state index in [-0.39, 0.29) is 5.56 Å². The van der Waals surface area contributed by atoms with E-state index in [2.05, 4.69) is 0 Å². The first-order valence-corrected chi connectivity index (χ1v) is 7.01. The molecular formula is C15H15F9O. The minimum Gasteiger partial charge on any atom is -0.385 e. The Kier molecular flexibility index (Phi) is 5.50. The highest BCUT2D eigenvalue weighted by Crippen LogP contribution is 2.55. The van der Waals surface area contributed by atoms with Crippen molar-refractivity contribution in [1.82, 2.24) is 0 Å². The lowest BCUT2D eigenvalue weighted by molar-refractivity contribution is -0.400. The van der Waals surface area contributed by atoms with Crippen LogP contribution in [0.5, 0.6) is 0 Å². The van der Waals surface area contributed by atoms with E-state index in [0.717, 1.165) is 12.1 Å². The molecule has 10 heteroatoms. The Morgan fingerprint density at radius 1 is 0.800 bits per heavy atom. The van der Waals surface area contributed by atoms with E-state index in [4.69, 9.17) is 0 Å². The monoisotopic (exact) mass is 382 g/mol. The third kappa shape index (κ3) is 3.88. The maximum Gasteiger partial charge on any atom is 0.460 e. The van der Waals surface area contributed by atoms with E-state index in [1.54, 1.807) is 6.92 Å². The number of benzene rings is 1. The maximum absolute atomic E-state index is 13.7. The predicted molar refractivity (Wildman–Crippen MR) is 70.9 cm³/mol. The number of hydrogen-bond acceptors (Lipinski definition) is 1. The van der Waals surface area contributed by atoms with E-state index in [0.29, 0.717) is 18.9 Å². The molecule has 1 rings (SSSR count). The van der Waals surface area contributed by atoms with Gasteiger partial charge in [-0.1, -0.05) is 31.2 Å². The van der Waals surface area contributed by atoms with Crippen molar-refractivity contribution in [3.63, 3.8) is 0 Å². The number of halogens is 9. The lowest BCUT2D eigenvalue weighted by atomic mass is 9.85. The summed E-state index contributed by atoms with van der Waals surface area (Å²) in [7, 11) is 0. The minimum atomic E-state index is -6.97. The fourth-order valence-corrected chi connectivity index (χ4v) is 2.15. The Morgan fingerprint density at radius 2 is 1.24 bits per heavy atom. The van der Waals surface area contributed by atoms with Crippen molar-refractivity contribution in [2.24, 2.45) is 0 Å². The second kappa shape index (κ2) is 6.37. The van der Waals surface area contributed by atoms with Crippen molar-refractivity contribution in [3.05, 3.63) is 35.4 Å². The molecule has 1 unspecified atom stereocenters. The summed E-state index contributed by atoms with van der Waals surface area (Å²) in [6, 6.07) is 4.97. The fraction of sp³-hybridized carbons (Fsp3) is 0.600. The van der Waals surface area contributed by atoms with Crippen LogP contribution in [0.15, 0.2) is 24.3 Å². The van der Waals surface area contributed by atoms with Crippen molar-refractivity contribution >= 4 is 0 Å². The molecule has 0 heterocycles. The van der Waals surface area contributed by atoms with E-state index in [9.17, 15) is 44.6 Å². The van der Waals surface area contributed by atoms with Gasteiger partial charge in [0.05, 0.1) is 12.0 Å². The summed E-state index contributed by atoms with van der Waals surface area (Å²) in [6.07, 6.45) is -8.67. The lowest BCUT2D eigenvalue weighted by Crippen LogP contribution is -2.62. The van der Waals surface area contributed by atoms with Crippen LogP contribution in [0.25, 0.3) is 0 Å². The van der Waals surface area contributed by atoms with Crippen LogP contribution in [-0.4, -0.2) is 29.1 Å². The molecule has 0 saturated carbocycles. The van der Waals surface area contributed by atoms with Gasteiger partial charge < -0.3 is 5.11 Å². The Hall–Kier alpha value is -1.45. The molecule has 1 N–H and O–H groups in total. The first-order chi connectivity index (χ1) is 11.0. The minimum absolute atomic E-state index is 0.324. The summed E-state index contributed by atoms with van der Waals surface area (Å²) in [5.41, 5.74) is -2.38. The normalized spacial score (nSPS) is 16.6. The smallest absolute Gasteiger partial charge is 0.385 e. The second-order valence-electron chi connectivity index (χ2n) is 5.85. The molecule has 1 atom stereocenters. The van der Waals surface area contributed by atoms with Crippen LogP contribution < -0.4 is 0 Å². The van der Waals surface area contributed by atoms with Crippen LogP contribution in [0.4, 0.5) is 39.5 Å². The van der Waals surface area contributed by atoms with Gasteiger partial charge in [0, 0.05) is 0 Å². The summed E-state index contributed by atoms with van der Waals surface area (Å²) in [4.78, 5) is 0. The number of aryl methyl sites for hydroxylation is 1. The molecule has 1 aromatic rings. The van der Waals surface area contributed by atoms with E-state index >= 15 is 0 Å². The number of alkyl halides is 9. The summed E-state index contributed by atoms with van der Waals surface area (Å²) < 4.78 is 116. The molecule has 0 fully saturated rings. The largest absolute Gasteiger partial charge is 0.460 e. The fourth-order valence-electron chi connectivity index (χ4n) is 2.15. The maximum atomic E-state index is 13.7. The number of rotatable bonds is 6. The zero-order chi connectivity index (χ0) is 19.9. The van der Waals surface area contributed by atoms with Crippen molar-refractivity contribution in [1.29, 1.82) is 0 Å². The van der Waals surface area contributed by atoms with E-state index in [1.165, 1.54) is 12.1 Å². The van der Waals surface area contributed by atoms with Crippen LogP contribution in [0.3, 0.4) is 0 Å². The van der Waals surface area contributed by atoms with Gasteiger partial charge in [-0.05, 0) is 24.5 Å². The van der Waals surface area contributed by atoms with Gasteiger partial charge in [-0.15, -0.1) is 0 Å². The van der Waals surface area contributed by atoms with Crippen molar-refractivity contribution < 1.29 is 44.6 Å². The second-order valence-corrected chi connectivity index (χ2v) is 5.85. The Morgan fingerprint density at radius 3 is 1.60 bits per heavy atom. The molecule has 0 aromatic heterocycles. The topological polar surface area (TPSA) is 20.2 Å². The van der Waals surface area contributed by atoms with Gasteiger partial charge in [-0.3, -0.25) is 0 Å². The van der Waals surface area contributed by atoms with Gasteiger partial charge in [0.25, 0.3) is 0 Å². The number of aliphatic hydroxyl groups is 1. The van der Waals surface area contributed by atoms with Crippen LogP contribution in [0.1, 0.15) is 31.4 Å². The zero-order valence-electron chi connectivity index (χ0n) is 13.1. The summed E-state index contributed by atoms with van der Waals surface area (Å²) >= 11 is 0. The van der Waals surface area contributed by atoms with Crippen LogP contribution in [0.2, 0.25) is 0 Å². The van der Waals surface area contributed by atoms with E-state index < -0.39 is 36.0 Å². The molecule has 0 saturated heterocycles. The molecule has 144 valence electrons. The van der Waals surface area contributed by atoms with Gasteiger partial charge in [0.1, 0.15) is 0 Å². The SMILES string of the molecule is CCc1ccc(C(C)(O)CC(F)(F)C(F)(F)C(F)(F)C(F)(F)F)cc1. The average molecular weight is 382 g/mol. The molecule has 0 bridgehead atoms. The lowest BCUT2D eigenvalue weighted by Gasteiger charge is -2.37. The highest BCUT2D eigenvalue weighted by Gasteiger charge is 2.81. The van der Waals surface area contributed by atoms with Crippen LogP contribution in [-0.2, 0) is 12.0 Å². The van der Waals surface area contributed by atoms with Crippen LogP contribution in [0, 0.1) is 0 Å². The summed E-state index contributed by atoms with van der Waals surface area (Å²) in [5, 5.41) is 9.98. The van der Waals surface area contributed by atoms with Gasteiger partial charge in [0.2, 0.25) is 0 Å². The molecule has 1 aromatic carbocycles. The first kappa shape index (κ1) is 21.6. The molecule has 0 amide bonds. The summed E-state index contributed by atoms with van der Waals surface area (Å²) in [5.74, 6) is -19.5. The first-order valence-electron chi connectivity index (χ1n) is 7.01. The molecule has 25 heavy (non-hydrogen) atoms. The predicted octanol–water partition coefficient (Wildman–Crippen LogP) is 5.31. The van der Waals surface area contributed by atoms with Crippen molar-refractivity contribution in [2.45, 2.75) is 56.2 Å². The average Bonchev–Trinajstić information content (AvgIpc) is 2.44. The summed E-state index contributed by atoms with van der Waals surface area (Å²) in [6.45, 7) is 2.38. The Labute approximate surface area is 137 Å². The van der Waals surface area contributed by atoms with Gasteiger partial charge in [-0.25, -0.2) is 0 Å². The standard InChI is InChI=1S/C15H15F9O/c1-3-9-4-6-10(7-5-9)11(2,25)8-12(16,17)13(18,19)14(20,21)15(22,23)24/h4-7,25H,3,8H2,1-2H3. The molecule has 0 aliphatic carbocycles. The molecular weight excluding hydrogens is 367 g/mol. The Bertz CT molecular complexity index is 588. The van der Waals surface area contributed by atoms with Gasteiger partial charge in [0.15, 0.2) is 0 Å². The Balaban J connectivity index is 3.20. The molecule has 0 radical (unpaired) electrons. The highest BCUT2D eigenvalue weighted by molar-refractivity contribution is 5.27. The molecule has 0 aliphatic rings. The van der Waals surface area contributed by atoms with Gasteiger partial charge >= 0.3 is 23.9 Å². The number of hydrogen-bond donors (Lipinski definition) is 1. The third-order valence-corrected chi connectivity index (χ3v) is 3.76. The van der Waals surface area contributed by atoms with Crippen LogP contribution >= 0.6 is 0 Å². The quantitative estimate of drug-likeness (QED) is 0.661. The zero-order valence-corrected chi connectivity index (χ0v) is 13.1. The molecule has 0 spiro atoms. The highest BCUT2D eigenvalue weighted by atomic mass is 19.4. The van der Waals surface area contributed by atoms with Crippen molar-refractivity contribution in [3.8, 4) is 0 Å². The molecule has 1 nitrogen and oxygen atoms in total. The third-order valence-electron chi connectivity index (χ3n) is 3.76. The van der Waals surface area contributed by atoms with E-state index in [1.807, 2.05) is 0 Å². The van der Waals surface area contributed by atoms with Crippen molar-refractivity contribution in [2.75, 3.05) is 0 Å². The molecule has 0 aliphatic heterocycles.